The maximum atomic E-state index is 13.8. The van der Waals surface area contributed by atoms with Crippen LogP contribution in [0.3, 0.4) is 0 Å². The monoisotopic (exact) mass is 462 g/mol. The van der Waals surface area contributed by atoms with E-state index in [0.717, 1.165) is 24.7 Å². The van der Waals surface area contributed by atoms with E-state index in [2.05, 4.69) is 10.2 Å². The molecular formula is C11H11AtFN3O3. The quantitative estimate of drug-likeness (QED) is 0.587. The first-order valence-electron chi connectivity index (χ1n) is 5.33. The molecule has 0 bridgehead atoms. The summed E-state index contributed by atoms with van der Waals surface area (Å²) in [5.74, 6) is -1.44. The Morgan fingerprint density at radius 2 is 2.42 bits per heavy atom. The van der Waals surface area contributed by atoms with Gasteiger partial charge in [0.15, 0.2) is 0 Å². The van der Waals surface area contributed by atoms with Gasteiger partial charge in [-0.2, -0.15) is 0 Å². The summed E-state index contributed by atoms with van der Waals surface area (Å²) >= 11 is 1.14. The average Bonchev–Trinajstić information content (AvgIpc) is 2.76. The summed E-state index contributed by atoms with van der Waals surface area (Å²) in [6.07, 6.45) is 0.0896. The SMILES string of the molecule is COc1cc2c(CC(N)C(=O)O)[nH]nc2c([At])c1F. The van der Waals surface area contributed by atoms with Crippen LogP contribution in [0.5, 0.6) is 5.75 Å². The van der Waals surface area contributed by atoms with Crippen molar-refractivity contribution in [2.45, 2.75) is 12.5 Å². The maximum absolute atomic E-state index is 13.8. The summed E-state index contributed by atoms with van der Waals surface area (Å²) in [5, 5.41) is 16.2. The molecule has 1 atom stereocenters. The van der Waals surface area contributed by atoms with E-state index in [1.54, 1.807) is 0 Å². The number of hydrogen-bond donors (Lipinski definition) is 3. The van der Waals surface area contributed by atoms with E-state index >= 15 is 0 Å². The van der Waals surface area contributed by atoms with Crippen molar-refractivity contribution in [2.24, 2.45) is 5.73 Å². The molecule has 0 fully saturated rings. The first-order valence-corrected chi connectivity index (χ1v) is 6.80. The molecule has 4 N–H and O–H groups in total. The number of aromatic amines is 1. The van der Waals surface area contributed by atoms with Gasteiger partial charge >= 0.3 is 123 Å². The van der Waals surface area contributed by atoms with Gasteiger partial charge in [0.25, 0.3) is 0 Å². The van der Waals surface area contributed by atoms with Gasteiger partial charge in [-0.05, 0) is 0 Å². The molecule has 0 aliphatic heterocycles. The molecule has 1 heterocycles. The number of methoxy groups -OCH3 is 1. The number of carboxylic acid groups (broad SMARTS) is 1. The van der Waals surface area contributed by atoms with Gasteiger partial charge in [-0.1, -0.05) is 0 Å². The van der Waals surface area contributed by atoms with Crippen LogP contribution in [0.2, 0.25) is 0 Å². The number of halogens is 1. The average molecular weight is 462 g/mol. The topological polar surface area (TPSA) is 101 Å². The van der Waals surface area contributed by atoms with Crippen LogP contribution in [0.25, 0.3) is 10.9 Å². The number of nitrogens with zero attached hydrogens (tertiary/aromatic N) is 1. The summed E-state index contributed by atoms with van der Waals surface area (Å²) in [4.78, 5) is 10.8. The van der Waals surface area contributed by atoms with Crippen LogP contribution in [0.15, 0.2) is 6.07 Å². The molecule has 2 rings (SSSR count). The van der Waals surface area contributed by atoms with Crippen molar-refractivity contribution in [3.63, 3.8) is 0 Å². The minimum atomic E-state index is -1.10. The van der Waals surface area contributed by atoms with Gasteiger partial charge in [0, 0.05) is 0 Å². The number of rotatable bonds is 4. The van der Waals surface area contributed by atoms with E-state index < -0.39 is 17.8 Å². The van der Waals surface area contributed by atoms with E-state index in [0.29, 0.717) is 19.9 Å². The van der Waals surface area contributed by atoms with Crippen molar-refractivity contribution in [2.75, 3.05) is 7.11 Å². The fraction of sp³-hybridized carbons (Fsp3) is 0.273. The van der Waals surface area contributed by atoms with Crippen LogP contribution in [-0.4, -0.2) is 34.4 Å². The zero-order chi connectivity index (χ0) is 14.2. The summed E-state index contributed by atoms with van der Waals surface area (Å²) in [7, 11) is 1.37. The predicted octanol–water partition coefficient (Wildman–Crippen LogP) is -0.160. The Morgan fingerprint density at radius 3 is 3.00 bits per heavy atom. The van der Waals surface area contributed by atoms with Crippen LogP contribution in [0, 0.1) is 30.5 Å². The van der Waals surface area contributed by atoms with E-state index in [1.807, 2.05) is 0 Å². The summed E-state index contributed by atoms with van der Waals surface area (Å²) in [5.41, 5.74) is 6.52. The standard InChI is InChI=1S/C11H11AtFN3O3/c1-19-7-2-4-6(3-5(14)11(17)18)15-16-10(4)8(12)9(7)13/h2,5H,3,14H2,1H3,(H,15,16)(H,17,18). The number of carbonyl (C=O) groups is 1. The third-order valence-electron chi connectivity index (χ3n) is 2.74. The van der Waals surface area contributed by atoms with Gasteiger partial charge in [-0.15, -0.1) is 0 Å². The third-order valence-corrected chi connectivity index (χ3v) is 4.08. The van der Waals surface area contributed by atoms with Crippen molar-refractivity contribution in [1.29, 1.82) is 0 Å². The second kappa shape index (κ2) is 5.39. The fourth-order valence-electron chi connectivity index (χ4n) is 1.73. The molecule has 19 heavy (non-hydrogen) atoms. The summed E-state index contributed by atoms with van der Waals surface area (Å²) < 4.78 is 19.2. The van der Waals surface area contributed by atoms with E-state index in [1.165, 1.54) is 13.2 Å². The second-order valence-electron chi connectivity index (χ2n) is 3.95. The van der Waals surface area contributed by atoms with Gasteiger partial charge in [-0.25, -0.2) is 0 Å². The van der Waals surface area contributed by atoms with Crippen molar-refractivity contribution >= 4 is 20.1 Å². The Balaban J connectivity index is 2.53. The molecule has 0 saturated carbocycles. The first kappa shape index (κ1) is 14.1. The van der Waals surface area contributed by atoms with Gasteiger partial charge in [0.1, 0.15) is 0 Å². The van der Waals surface area contributed by atoms with Crippen molar-refractivity contribution in [1.82, 2.24) is 10.2 Å². The summed E-state index contributed by atoms with van der Waals surface area (Å²) in [6, 6.07) is 0.463. The van der Waals surface area contributed by atoms with Crippen LogP contribution in [0.4, 0.5) is 4.39 Å². The van der Waals surface area contributed by atoms with Crippen LogP contribution >= 0.6 is 0 Å². The number of ether oxygens (including phenoxy) is 1. The van der Waals surface area contributed by atoms with Crippen LogP contribution in [-0.2, 0) is 11.2 Å². The molecule has 6 nitrogen and oxygen atoms in total. The van der Waals surface area contributed by atoms with Crippen LogP contribution in [0.1, 0.15) is 5.69 Å². The molecule has 1 aromatic carbocycles. The number of nitrogens with two attached hydrogens (primary N) is 1. The Kier molecular flexibility index (Phi) is 4.01. The molecule has 102 valence electrons. The van der Waals surface area contributed by atoms with Crippen LogP contribution < -0.4 is 13.7 Å². The Labute approximate surface area is 123 Å². The molecule has 0 saturated heterocycles. The van der Waals surface area contributed by atoms with Gasteiger partial charge < -0.3 is 0 Å². The second-order valence-corrected chi connectivity index (χ2v) is 5.42. The normalized spacial score (nSPS) is 12.6. The molecule has 0 aliphatic rings. The number of carboxylic acids is 1. The van der Waals surface area contributed by atoms with Gasteiger partial charge in [0.2, 0.25) is 0 Å². The molecule has 0 radical (unpaired) electrons. The molecule has 8 heteroatoms. The van der Waals surface area contributed by atoms with Crippen molar-refractivity contribution < 1.29 is 43.7 Å². The fourth-order valence-corrected chi connectivity index (χ4v) is 2.65. The third kappa shape index (κ3) is 2.55. The van der Waals surface area contributed by atoms with Gasteiger partial charge in [-0.3, -0.25) is 0 Å². The molecule has 1 unspecified atom stereocenters. The molecule has 0 amide bonds. The number of nitrogens with one attached hydrogen (secondary N) is 1. The number of aromatic nitrogens is 2. The minimum absolute atomic E-state index is 0.0896. The number of H-pyrrole nitrogens is 1. The number of hydrogen-bond acceptors (Lipinski definition) is 4. The molecule has 0 aliphatic carbocycles. The molecular weight excluding hydrogens is 451 g/mol. The number of benzene rings is 1. The summed E-state index contributed by atoms with van der Waals surface area (Å²) in [6.45, 7) is 0. The first-order chi connectivity index (χ1) is 8.95. The van der Waals surface area contributed by atoms with E-state index in [-0.39, 0.29) is 12.2 Å². The molecule has 2 aromatic rings. The number of fused-ring (bicyclic) bond motifs is 1. The zero-order valence-corrected chi connectivity index (χ0v) is 12.8. The Morgan fingerprint density at radius 1 is 1.74 bits per heavy atom. The van der Waals surface area contributed by atoms with Crippen molar-refractivity contribution in [3.8, 4) is 5.75 Å². The van der Waals surface area contributed by atoms with Gasteiger partial charge in [0.05, 0.1) is 0 Å². The number of aliphatic carboxylic acids is 1. The molecule has 1 aromatic heterocycles. The molecule has 0 spiro atoms. The van der Waals surface area contributed by atoms with E-state index in [9.17, 15) is 9.18 Å². The zero-order valence-electron chi connectivity index (χ0n) is 9.91. The van der Waals surface area contributed by atoms with Crippen molar-refractivity contribution in [3.05, 3.63) is 17.6 Å². The Hall–Kier alpha value is -1.27. The Bertz CT molecular complexity index is 644. The predicted molar refractivity (Wildman–Crippen MR) is 61.6 cm³/mol. The van der Waals surface area contributed by atoms with E-state index in [4.69, 9.17) is 15.6 Å².